The van der Waals surface area contributed by atoms with Crippen molar-refractivity contribution < 1.29 is 0 Å². The molecule has 0 aliphatic heterocycles. The van der Waals surface area contributed by atoms with Gasteiger partial charge in [0, 0.05) is 24.2 Å². The fourth-order valence-corrected chi connectivity index (χ4v) is 2.30. The molecule has 1 aromatic carbocycles. The minimum Gasteiger partial charge on any atom is -0.379 e. The van der Waals surface area contributed by atoms with Gasteiger partial charge in [0.05, 0.1) is 0 Å². The van der Waals surface area contributed by atoms with Crippen LogP contribution in [0, 0.1) is 12.3 Å². The van der Waals surface area contributed by atoms with Crippen molar-refractivity contribution in [3.05, 3.63) is 53.6 Å². The number of halogens is 1. The van der Waals surface area contributed by atoms with Gasteiger partial charge in [-0.3, -0.25) is 5.41 Å². The van der Waals surface area contributed by atoms with Gasteiger partial charge in [-0.2, -0.15) is 0 Å². The van der Waals surface area contributed by atoms with E-state index in [1.54, 1.807) is 0 Å². The van der Waals surface area contributed by atoms with E-state index in [0.29, 0.717) is 5.75 Å². The van der Waals surface area contributed by atoms with Crippen LogP contribution in [0.25, 0.3) is 0 Å². The van der Waals surface area contributed by atoms with Gasteiger partial charge in [0.2, 0.25) is 0 Å². The Morgan fingerprint density at radius 2 is 2.05 bits per heavy atom. The topological polar surface area (TPSA) is 67.7 Å². The highest BCUT2D eigenvalue weighted by Gasteiger charge is 2.07. The minimum absolute atomic E-state index is 0. The van der Waals surface area contributed by atoms with Crippen molar-refractivity contribution in [1.29, 1.82) is 5.41 Å². The molecule has 1 aromatic heterocycles. The predicted molar refractivity (Wildman–Crippen MR) is 83.0 cm³/mol. The number of imidazole rings is 1. The van der Waals surface area contributed by atoms with E-state index in [1.165, 1.54) is 17.3 Å². The molecule has 0 bridgehead atoms. The maximum Gasteiger partial charge on any atom is 0.151 e. The molecule has 0 saturated carbocycles. The summed E-state index contributed by atoms with van der Waals surface area (Å²) in [5, 5.41) is 7.39. The van der Waals surface area contributed by atoms with Gasteiger partial charge in [-0.25, -0.2) is 4.98 Å². The molecule has 3 N–H and O–H groups in total. The predicted octanol–water partition coefficient (Wildman–Crippen LogP) is 2.79. The van der Waals surface area contributed by atoms with Gasteiger partial charge < -0.3 is 10.3 Å². The van der Waals surface area contributed by atoms with Crippen LogP contribution in [0.4, 0.5) is 0 Å². The number of aryl methyl sites for hydroxylation is 1. The van der Waals surface area contributed by atoms with Crippen molar-refractivity contribution in [2.75, 3.05) is 0 Å². The summed E-state index contributed by atoms with van der Waals surface area (Å²) < 4.78 is 2.16. The number of nitrogens with two attached hydrogens (primary N) is 1. The molecule has 19 heavy (non-hydrogen) atoms. The van der Waals surface area contributed by atoms with Crippen LogP contribution in [0.3, 0.4) is 0 Å². The number of thioether (sulfide) groups is 1. The lowest BCUT2D eigenvalue weighted by Crippen LogP contribution is -2.08. The Labute approximate surface area is 123 Å². The summed E-state index contributed by atoms with van der Waals surface area (Å²) in [5.41, 5.74) is 7.70. The normalized spacial score (nSPS) is 9.95. The van der Waals surface area contributed by atoms with Gasteiger partial charge >= 0.3 is 0 Å². The smallest absolute Gasteiger partial charge is 0.151 e. The van der Waals surface area contributed by atoms with E-state index in [0.717, 1.165) is 18.1 Å². The van der Waals surface area contributed by atoms with Crippen molar-refractivity contribution in [3.8, 4) is 0 Å². The van der Waals surface area contributed by atoms with Gasteiger partial charge in [-0.05, 0) is 12.5 Å². The molecule has 0 atom stereocenters. The Kier molecular flexibility index (Phi) is 5.92. The highest BCUT2D eigenvalue weighted by molar-refractivity contribution is 8.13. The van der Waals surface area contributed by atoms with Gasteiger partial charge in [0.1, 0.15) is 5.82 Å². The van der Waals surface area contributed by atoms with Gasteiger partial charge in [0.15, 0.2) is 5.17 Å². The summed E-state index contributed by atoms with van der Waals surface area (Å²) in [7, 11) is 0. The molecule has 0 amide bonds. The Morgan fingerprint density at radius 3 is 2.68 bits per heavy atom. The Hall–Kier alpha value is -1.46. The van der Waals surface area contributed by atoms with E-state index in [-0.39, 0.29) is 17.6 Å². The summed E-state index contributed by atoms with van der Waals surface area (Å²) in [6.07, 6.45) is 1.86. The van der Waals surface area contributed by atoms with E-state index in [9.17, 15) is 0 Å². The molecule has 2 aromatic rings. The number of amidine groups is 1. The molecule has 1 heterocycles. The molecule has 102 valence electrons. The Morgan fingerprint density at radius 1 is 1.37 bits per heavy atom. The molecule has 0 unspecified atom stereocenters. The molecule has 6 heteroatoms. The van der Waals surface area contributed by atoms with Crippen LogP contribution in [0.1, 0.15) is 17.1 Å². The summed E-state index contributed by atoms with van der Waals surface area (Å²) in [6, 6.07) is 10.3. The summed E-state index contributed by atoms with van der Waals surface area (Å²) in [5.74, 6) is 1.67. The molecule has 0 saturated heterocycles. The first kappa shape index (κ1) is 15.6. The average Bonchev–Trinajstić information content (AvgIpc) is 2.70. The minimum atomic E-state index is 0. The van der Waals surface area contributed by atoms with Crippen LogP contribution < -0.4 is 5.73 Å². The first-order chi connectivity index (χ1) is 8.66. The molecule has 4 nitrogen and oxygen atoms in total. The number of hydrogen-bond acceptors (Lipinski definition) is 3. The van der Waals surface area contributed by atoms with Crippen molar-refractivity contribution >= 4 is 29.3 Å². The second-order valence-corrected chi connectivity index (χ2v) is 5.04. The van der Waals surface area contributed by atoms with Crippen LogP contribution in [-0.2, 0) is 12.3 Å². The number of hydrogen-bond donors (Lipinski definition) is 2. The van der Waals surface area contributed by atoms with E-state index >= 15 is 0 Å². The van der Waals surface area contributed by atoms with Crippen LogP contribution in [0.15, 0.2) is 36.5 Å². The van der Waals surface area contributed by atoms with E-state index in [2.05, 4.69) is 21.7 Å². The van der Waals surface area contributed by atoms with Crippen LogP contribution >= 0.6 is 24.2 Å². The molecule has 0 aliphatic carbocycles. The zero-order valence-corrected chi connectivity index (χ0v) is 12.3. The zero-order chi connectivity index (χ0) is 13.0. The zero-order valence-electron chi connectivity index (χ0n) is 10.7. The highest BCUT2D eigenvalue weighted by atomic mass is 35.5. The van der Waals surface area contributed by atoms with Crippen molar-refractivity contribution in [2.24, 2.45) is 5.73 Å². The largest absolute Gasteiger partial charge is 0.379 e. The molecular weight excluding hydrogens is 280 g/mol. The number of benzene rings is 1. The number of rotatable bonds is 4. The lowest BCUT2D eigenvalue weighted by atomic mass is 10.2. The van der Waals surface area contributed by atoms with Crippen LogP contribution in [0.2, 0.25) is 0 Å². The van der Waals surface area contributed by atoms with Gasteiger partial charge in [-0.1, -0.05) is 42.1 Å². The Balaban J connectivity index is 0.00000180. The van der Waals surface area contributed by atoms with E-state index in [1.807, 2.05) is 31.3 Å². The third-order valence-electron chi connectivity index (χ3n) is 2.70. The molecule has 0 fully saturated rings. The van der Waals surface area contributed by atoms with Gasteiger partial charge in [0.25, 0.3) is 0 Å². The van der Waals surface area contributed by atoms with Crippen LogP contribution in [-0.4, -0.2) is 14.7 Å². The lowest BCUT2D eigenvalue weighted by Gasteiger charge is -2.10. The second kappa shape index (κ2) is 7.21. The summed E-state index contributed by atoms with van der Waals surface area (Å²) in [4.78, 5) is 4.33. The number of nitrogens with one attached hydrogen (secondary N) is 1. The molecule has 2 rings (SSSR count). The first-order valence-corrected chi connectivity index (χ1v) is 6.67. The standard InChI is InChI=1S/C13H16N4S.ClH/c1-10-16-7-12(9-18-13(14)15)17(10)8-11-5-3-2-4-6-11;/h2-7H,8-9H2,1H3,(H3,14,15);1H. The molecule has 0 spiro atoms. The fourth-order valence-electron chi connectivity index (χ4n) is 1.76. The third-order valence-corrected chi connectivity index (χ3v) is 3.45. The van der Waals surface area contributed by atoms with E-state index in [4.69, 9.17) is 11.1 Å². The van der Waals surface area contributed by atoms with Crippen molar-refractivity contribution in [3.63, 3.8) is 0 Å². The summed E-state index contributed by atoms with van der Waals surface area (Å²) >= 11 is 1.32. The SMILES string of the molecule is Cc1ncc(CSC(=N)N)n1Cc1ccccc1.Cl. The number of aromatic nitrogens is 2. The van der Waals surface area contributed by atoms with Crippen LogP contribution in [0.5, 0.6) is 0 Å². The number of nitrogens with zero attached hydrogens (tertiary/aromatic N) is 2. The second-order valence-electron chi connectivity index (χ2n) is 4.02. The van der Waals surface area contributed by atoms with Gasteiger partial charge in [-0.15, -0.1) is 12.4 Å². The van der Waals surface area contributed by atoms with Crippen molar-refractivity contribution in [1.82, 2.24) is 9.55 Å². The Bertz CT molecular complexity index is 539. The van der Waals surface area contributed by atoms with E-state index < -0.39 is 0 Å². The maximum atomic E-state index is 7.25. The van der Waals surface area contributed by atoms with Crippen molar-refractivity contribution in [2.45, 2.75) is 19.2 Å². The maximum absolute atomic E-state index is 7.25. The third kappa shape index (κ3) is 4.29. The monoisotopic (exact) mass is 296 g/mol. The molecular formula is C13H17ClN4S. The first-order valence-electron chi connectivity index (χ1n) is 5.68. The average molecular weight is 297 g/mol. The lowest BCUT2D eigenvalue weighted by molar-refractivity contribution is 0.735. The molecule has 0 aliphatic rings. The highest BCUT2D eigenvalue weighted by Crippen LogP contribution is 2.15. The molecule has 0 radical (unpaired) electrons. The fraction of sp³-hybridized carbons (Fsp3) is 0.231. The quantitative estimate of drug-likeness (QED) is 0.673. The summed E-state index contributed by atoms with van der Waals surface area (Å²) in [6.45, 7) is 2.80.